The molecule has 170 valence electrons. The zero-order chi connectivity index (χ0) is 23.1. The molecule has 2 aliphatic heterocycles. The van der Waals surface area contributed by atoms with E-state index in [4.69, 9.17) is 0 Å². The van der Waals surface area contributed by atoms with Crippen molar-refractivity contribution >= 4 is 35.2 Å². The van der Waals surface area contributed by atoms with Gasteiger partial charge in [-0.1, -0.05) is 25.0 Å². The molecular formula is C23H28N4O5. The van der Waals surface area contributed by atoms with Gasteiger partial charge in [0.1, 0.15) is 6.04 Å². The lowest BCUT2D eigenvalue weighted by molar-refractivity contribution is -0.136. The third kappa shape index (κ3) is 5.22. The number of allylic oxidation sites excluding steroid dienone is 1. The van der Waals surface area contributed by atoms with Crippen molar-refractivity contribution < 1.29 is 24.0 Å². The fraction of sp³-hybridized carbons (Fsp3) is 0.435. The summed E-state index contributed by atoms with van der Waals surface area (Å²) in [5.41, 5.74) is 1.10. The highest BCUT2D eigenvalue weighted by molar-refractivity contribution is 6.25. The van der Waals surface area contributed by atoms with E-state index in [1.54, 1.807) is 31.2 Å². The number of fused-ring (bicyclic) bond motifs is 1. The van der Waals surface area contributed by atoms with Gasteiger partial charge in [0.05, 0.1) is 11.1 Å². The number of nitrogens with zero attached hydrogens (tertiary/aromatic N) is 1. The van der Waals surface area contributed by atoms with Crippen molar-refractivity contribution in [2.45, 2.75) is 51.5 Å². The monoisotopic (exact) mass is 440 g/mol. The normalized spacial score (nSPS) is 18.2. The zero-order valence-electron chi connectivity index (χ0n) is 18.1. The number of anilines is 1. The van der Waals surface area contributed by atoms with E-state index < -0.39 is 29.7 Å². The molecule has 0 spiro atoms. The SMILES string of the molecule is C/C=C/C(=O)NCCCCCCNc1cccc2c1C(=O)N(C1CCC(=O)NC1=O)C2=O. The first-order valence-electron chi connectivity index (χ1n) is 10.9. The lowest BCUT2D eigenvalue weighted by Crippen LogP contribution is -2.54. The van der Waals surface area contributed by atoms with Gasteiger partial charge in [-0.05, 0) is 44.4 Å². The highest BCUT2D eigenvalue weighted by atomic mass is 16.2. The molecule has 0 aromatic heterocycles. The third-order valence-corrected chi connectivity index (χ3v) is 5.50. The Labute approximate surface area is 186 Å². The zero-order valence-corrected chi connectivity index (χ0v) is 18.1. The maximum absolute atomic E-state index is 13.0. The molecule has 0 radical (unpaired) electrons. The van der Waals surface area contributed by atoms with E-state index in [2.05, 4.69) is 16.0 Å². The number of carbonyl (C=O) groups is 5. The topological polar surface area (TPSA) is 125 Å². The first-order chi connectivity index (χ1) is 15.4. The van der Waals surface area contributed by atoms with Crippen molar-refractivity contribution in [3.63, 3.8) is 0 Å². The van der Waals surface area contributed by atoms with Gasteiger partial charge < -0.3 is 10.6 Å². The largest absolute Gasteiger partial charge is 0.384 e. The standard InChI is InChI=1S/C23H28N4O5/c1-2-8-18(28)25-14-6-4-3-5-13-24-16-10-7-9-15-20(16)23(32)27(22(15)31)17-11-12-19(29)26-21(17)30/h2,7-10,17,24H,3-6,11-14H2,1H3,(H,25,28)(H,26,29,30)/b8-2+. The Morgan fingerprint density at radius 2 is 1.84 bits per heavy atom. The second-order valence-corrected chi connectivity index (χ2v) is 7.81. The van der Waals surface area contributed by atoms with Crippen molar-refractivity contribution in [3.8, 4) is 0 Å². The summed E-state index contributed by atoms with van der Waals surface area (Å²) in [7, 11) is 0. The van der Waals surface area contributed by atoms with Crippen LogP contribution in [0.15, 0.2) is 30.4 Å². The minimum Gasteiger partial charge on any atom is -0.384 e. The average Bonchev–Trinajstić information content (AvgIpc) is 3.01. The van der Waals surface area contributed by atoms with E-state index in [9.17, 15) is 24.0 Å². The van der Waals surface area contributed by atoms with E-state index >= 15 is 0 Å². The van der Waals surface area contributed by atoms with Crippen molar-refractivity contribution in [1.82, 2.24) is 15.5 Å². The molecule has 2 heterocycles. The van der Waals surface area contributed by atoms with Gasteiger partial charge >= 0.3 is 0 Å². The number of hydrogen-bond donors (Lipinski definition) is 3. The Hall–Kier alpha value is -3.49. The van der Waals surface area contributed by atoms with Gasteiger partial charge in [-0.15, -0.1) is 0 Å². The minimum absolute atomic E-state index is 0.0855. The first kappa shape index (κ1) is 23.2. The Morgan fingerprint density at radius 1 is 1.09 bits per heavy atom. The number of hydrogen-bond acceptors (Lipinski definition) is 6. The Bertz CT molecular complexity index is 956. The lowest BCUT2D eigenvalue weighted by atomic mass is 10.0. The quantitative estimate of drug-likeness (QED) is 0.289. The summed E-state index contributed by atoms with van der Waals surface area (Å²) in [4.78, 5) is 61.8. The summed E-state index contributed by atoms with van der Waals surface area (Å²) in [6.45, 7) is 3.06. The number of imide groups is 2. The van der Waals surface area contributed by atoms with Gasteiger partial charge in [0, 0.05) is 25.2 Å². The van der Waals surface area contributed by atoms with Crippen molar-refractivity contribution in [2.75, 3.05) is 18.4 Å². The molecular weight excluding hydrogens is 412 g/mol. The van der Waals surface area contributed by atoms with Crippen LogP contribution in [0.1, 0.15) is 66.2 Å². The highest BCUT2D eigenvalue weighted by Gasteiger charge is 2.45. The number of benzene rings is 1. The van der Waals surface area contributed by atoms with Crippen LogP contribution in [0.3, 0.4) is 0 Å². The van der Waals surface area contributed by atoms with Gasteiger partial charge in [-0.25, -0.2) is 0 Å². The summed E-state index contributed by atoms with van der Waals surface area (Å²) in [5.74, 6) is -2.13. The van der Waals surface area contributed by atoms with Crippen LogP contribution in [-0.2, 0) is 14.4 Å². The lowest BCUT2D eigenvalue weighted by Gasteiger charge is -2.27. The van der Waals surface area contributed by atoms with Gasteiger partial charge in [0.15, 0.2) is 0 Å². The summed E-state index contributed by atoms with van der Waals surface area (Å²) in [6, 6.07) is 4.05. The van der Waals surface area contributed by atoms with Crippen LogP contribution in [-0.4, -0.2) is 53.6 Å². The summed E-state index contributed by atoms with van der Waals surface area (Å²) >= 11 is 0. The number of carbonyl (C=O) groups excluding carboxylic acids is 5. The van der Waals surface area contributed by atoms with Crippen LogP contribution in [0.5, 0.6) is 0 Å². The molecule has 9 heteroatoms. The van der Waals surface area contributed by atoms with Gasteiger partial charge in [0.2, 0.25) is 17.7 Å². The predicted molar refractivity (Wildman–Crippen MR) is 118 cm³/mol. The fourth-order valence-corrected chi connectivity index (χ4v) is 3.91. The predicted octanol–water partition coefficient (Wildman–Crippen LogP) is 1.75. The van der Waals surface area contributed by atoms with Crippen LogP contribution in [0, 0.1) is 0 Å². The molecule has 1 atom stereocenters. The number of nitrogens with one attached hydrogen (secondary N) is 3. The Kier molecular flexibility index (Phi) is 7.75. The van der Waals surface area contributed by atoms with Crippen molar-refractivity contribution in [1.29, 1.82) is 0 Å². The van der Waals surface area contributed by atoms with Crippen molar-refractivity contribution in [3.05, 3.63) is 41.5 Å². The number of unbranched alkanes of at least 4 members (excludes halogenated alkanes) is 3. The molecule has 1 fully saturated rings. The highest BCUT2D eigenvalue weighted by Crippen LogP contribution is 2.32. The Balaban J connectivity index is 1.51. The van der Waals surface area contributed by atoms with E-state index in [1.165, 1.54) is 6.08 Å². The first-order valence-corrected chi connectivity index (χ1v) is 10.9. The molecule has 1 unspecified atom stereocenters. The fourth-order valence-electron chi connectivity index (χ4n) is 3.91. The summed E-state index contributed by atoms with van der Waals surface area (Å²) in [6.07, 6.45) is 7.09. The molecule has 3 N–H and O–H groups in total. The van der Waals surface area contributed by atoms with Crippen LogP contribution in [0.4, 0.5) is 5.69 Å². The molecule has 9 nitrogen and oxygen atoms in total. The van der Waals surface area contributed by atoms with Gasteiger partial charge in [-0.3, -0.25) is 34.2 Å². The van der Waals surface area contributed by atoms with Crippen LogP contribution in [0.2, 0.25) is 0 Å². The van der Waals surface area contributed by atoms with E-state index in [-0.39, 0.29) is 29.9 Å². The minimum atomic E-state index is -0.971. The molecule has 1 aromatic rings. The molecule has 1 aromatic carbocycles. The molecule has 2 aliphatic rings. The maximum Gasteiger partial charge on any atom is 0.264 e. The van der Waals surface area contributed by atoms with E-state index in [0.29, 0.717) is 18.8 Å². The van der Waals surface area contributed by atoms with Crippen LogP contribution < -0.4 is 16.0 Å². The molecule has 0 bridgehead atoms. The molecule has 3 rings (SSSR count). The van der Waals surface area contributed by atoms with E-state index in [0.717, 1.165) is 30.6 Å². The number of rotatable bonds is 10. The number of amides is 5. The molecule has 5 amide bonds. The molecule has 32 heavy (non-hydrogen) atoms. The second kappa shape index (κ2) is 10.7. The summed E-state index contributed by atoms with van der Waals surface area (Å²) < 4.78 is 0. The second-order valence-electron chi connectivity index (χ2n) is 7.81. The summed E-state index contributed by atoms with van der Waals surface area (Å²) in [5, 5.41) is 8.24. The molecule has 0 saturated carbocycles. The average molecular weight is 441 g/mol. The van der Waals surface area contributed by atoms with Gasteiger partial charge in [-0.2, -0.15) is 0 Å². The third-order valence-electron chi connectivity index (χ3n) is 5.50. The van der Waals surface area contributed by atoms with Crippen LogP contribution in [0.25, 0.3) is 0 Å². The van der Waals surface area contributed by atoms with E-state index in [1.807, 2.05) is 0 Å². The van der Waals surface area contributed by atoms with Crippen molar-refractivity contribution in [2.24, 2.45) is 0 Å². The van der Waals surface area contributed by atoms with Gasteiger partial charge in [0.25, 0.3) is 11.8 Å². The number of piperidine rings is 1. The smallest absolute Gasteiger partial charge is 0.264 e. The molecule has 1 saturated heterocycles. The Morgan fingerprint density at radius 3 is 2.56 bits per heavy atom. The van der Waals surface area contributed by atoms with Crippen LogP contribution >= 0.6 is 0 Å². The maximum atomic E-state index is 13.0. The molecule has 0 aliphatic carbocycles.